The molecule has 8 rings (SSSR count). The summed E-state index contributed by atoms with van der Waals surface area (Å²) >= 11 is 0. The highest BCUT2D eigenvalue weighted by Crippen LogP contribution is 2.50. The highest BCUT2D eigenvalue weighted by Gasteiger charge is 2.51. The predicted octanol–water partition coefficient (Wildman–Crippen LogP) is 8.92. The second kappa shape index (κ2) is 18.0. The van der Waals surface area contributed by atoms with Crippen molar-refractivity contribution in [1.29, 1.82) is 0 Å². The Bertz CT molecular complexity index is 2670. The Kier molecular flexibility index (Phi) is 12.2. The molecule has 3 heterocycles. The quantitative estimate of drug-likeness (QED) is 0.0891. The number of nitrogens with one attached hydrogen (secondary N) is 4. The number of rotatable bonds is 13. The number of ether oxygens (including phenoxy) is 2. The van der Waals surface area contributed by atoms with E-state index in [4.69, 9.17) is 9.72 Å². The van der Waals surface area contributed by atoms with Crippen LogP contribution in [0.25, 0.3) is 55.2 Å². The highest BCUT2D eigenvalue weighted by molar-refractivity contribution is 5.94. The van der Waals surface area contributed by atoms with Crippen LogP contribution in [0.15, 0.2) is 85.2 Å². The second-order valence-corrected chi connectivity index (χ2v) is 17.3. The summed E-state index contributed by atoms with van der Waals surface area (Å²) < 4.78 is 9.52. The molecular weight excluding hydrogens is 797 g/mol. The molecule has 6 aromatic rings. The number of methoxy groups -OCH3 is 2. The number of nitrogens with zero attached hydrogens (tertiary/aromatic N) is 4. The van der Waals surface area contributed by atoms with Gasteiger partial charge in [-0.2, -0.15) is 0 Å². The van der Waals surface area contributed by atoms with Crippen LogP contribution in [-0.2, 0) is 19.1 Å². The van der Waals surface area contributed by atoms with Crippen molar-refractivity contribution in [2.45, 2.75) is 90.5 Å². The number of aromatic nitrogens is 4. The van der Waals surface area contributed by atoms with Crippen LogP contribution in [0.2, 0.25) is 0 Å². The number of amides is 4. The SMILES string of the molecule is CCCN(C(=O)[C@H](C)NC(=O)OC)[C@@H](C)c1ncc(-c2ccc3cc(-c4ccc5cc(-c6cnc([C@@H]7[C@H]8CC[C@H](C8)N7C(=O)[C@@H](NC(=O)OC)C(C)C)[nH]6)ccc5c4)ccc3c2)[nH]1. The van der Waals surface area contributed by atoms with Crippen molar-refractivity contribution in [2.75, 3.05) is 20.8 Å². The number of hydrogen-bond donors (Lipinski definition) is 4. The number of carbonyl (C=O) groups is 4. The lowest BCUT2D eigenvalue weighted by atomic mass is 9.95. The van der Waals surface area contributed by atoms with Crippen LogP contribution in [0, 0.1) is 11.8 Å². The van der Waals surface area contributed by atoms with Crippen molar-refractivity contribution in [3.8, 4) is 33.6 Å². The van der Waals surface area contributed by atoms with Crippen LogP contribution in [0.1, 0.15) is 84.0 Å². The van der Waals surface area contributed by atoms with E-state index in [1.54, 1.807) is 18.0 Å². The minimum absolute atomic E-state index is 0.0909. The standard InChI is InChI=1S/C49H56N8O6/c1-8-19-56(46(58)28(4)52-48(60)62-6)29(5)44-50-25-40(53-44)36-15-13-32-20-30(9-11-34(32)22-36)31-10-12-35-23-37(16-14-33(35)21-31)41-26-51-45(54-41)43-38-17-18-39(24-38)57(43)47(59)42(27(2)3)55-49(61)63-7/h9-16,20-23,25-29,38-39,42-43H,8,17-19,24H2,1-7H3,(H,50,53)(H,51,54)(H,52,60)(H,55,61)/t28-,29-,38-,39+,42-,43-/m0/s1. The van der Waals surface area contributed by atoms with E-state index in [9.17, 15) is 19.2 Å². The predicted molar refractivity (Wildman–Crippen MR) is 242 cm³/mol. The lowest BCUT2D eigenvalue weighted by molar-refractivity contribution is -0.139. The van der Waals surface area contributed by atoms with Gasteiger partial charge in [0.25, 0.3) is 0 Å². The normalized spacial score (nSPS) is 18.3. The molecule has 1 saturated carbocycles. The van der Waals surface area contributed by atoms with Gasteiger partial charge in [-0.25, -0.2) is 19.6 Å². The van der Waals surface area contributed by atoms with E-state index in [2.05, 4.69) is 103 Å². The number of likely N-dealkylation sites (tertiary alicyclic amines) is 1. The summed E-state index contributed by atoms with van der Waals surface area (Å²) in [6.07, 6.45) is 6.07. The lowest BCUT2D eigenvalue weighted by Gasteiger charge is -2.37. The molecule has 2 aliphatic rings. The van der Waals surface area contributed by atoms with Gasteiger partial charge in [-0.05, 0) is 108 Å². The van der Waals surface area contributed by atoms with Crippen molar-refractivity contribution in [1.82, 2.24) is 40.4 Å². The first-order valence-electron chi connectivity index (χ1n) is 21.9. The summed E-state index contributed by atoms with van der Waals surface area (Å²) in [7, 11) is 2.58. The molecule has 2 aromatic heterocycles. The fourth-order valence-corrected chi connectivity index (χ4v) is 9.46. The zero-order chi connectivity index (χ0) is 44.5. The monoisotopic (exact) mass is 852 g/mol. The van der Waals surface area contributed by atoms with Gasteiger partial charge in [-0.15, -0.1) is 0 Å². The number of H-pyrrole nitrogens is 2. The Balaban J connectivity index is 0.971. The van der Waals surface area contributed by atoms with Gasteiger partial charge in [0.1, 0.15) is 23.7 Å². The Hall–Kier alpha value is -6.70. The van der Waals surface area contributed by atoms with Gasteiger partial charge in [0.15, 0.2) is 0 Å². The summed E-state index contributed by atoms with van der Waals surface area (Å²) in [4.78, 5) is 71.4. The molecule has 0 radical (unpaired) electrons. The fraction of sp³-hybridized carbons (Fsp3) is 0.388. The summed E-state index contributed by atoms with van der Waals surface area (Å²) in [6.45, 7) is 9.96. The smallest absolute Gasteiger partial charge is 0.407 e. The van der Waals surface area contributed by atoms with E-state index in [1.165, 1.54) is 14.2 Å². The number of alkyl carbamates (subject to hydrolysis) is 2. The summed E-state index contributed by atoms with van der Waals surface area (Å²) in [6, 6.07) is 23.9. The number of hydrogen-bond acceptors (Lipinski definition) is 8. The van der Waals surface area contributed by atoms with E-state index in [-0.39, 0.29) is 35.9 Å². The maximum Gasteiger partial charge on any atom is 0.407 e. The van der Waals surface area contributed by atoms with Crippen LogP contribution in [0.5, 0.6) is 0 Å². The van der Waals surface area contributed by atoms with Crippen LogP contribution in [-0.4, -0.2) is 92.6 Å². The van der Waals surface area contributed by atoms with E-state index in [0.29, 0.717) is 18.3 Å². The number of imidazole rings is 2. The van der Waals surface area contributed by atoms with Gasteiger partial charge >= 0.3 is 12.2 Å². The zero-order valence-corrected chi connectivity index (χ0v) is 36.9. The van der Waals surface area contributed by atoms with Gasteiger partial charge in [0, 0.05) is 23.7 Å². The fourth-order valence-electron chi connectivity index (χ4n) is 9.46. The van der Waals surface area contributed by atoms with Crippen LogP contribution in [0.4, 0.5) is 9.59 Å². The van der Waals surface area contributed by atoms with Gasteiger partial charge < -0.3 is 39.9 Å². The van der Waals surface area contributed by atoms with Crippen molar-refractivity contribution in [3.63, 3.8) is 0 Å². The molecule has 2 bridgehead atoms. The molecule has 328 valence electrons. The second-order valence-electron chi connectivity index (χ2n) is 17.3. The Morgan fingerprint density at radius 2 is 1.29 bits per heavy atom. The average molecular weight is 853 g/mol. The summed E-state index contributed by atoms with van der Waals surface area (Å²) in [5, 5.41) is 9.75. The van der Waals surface area contributed by atoms with Gasteiger partial charge in [-0.3, -0.25) is 9.59 Å². The van der Waals surface area contributed by atoms with Crippen molar-refractivity contribution >= 4 is 45.5 Å². The van der Waals surface area contributed by atoms with Crippen molar-refractivity contribution < 1.29 is 28.7 Å². The van der Waals surface area contributed by atoms with E-state index in [0.717, 1.165) is 86.7 Å². The molecule has 4 amide bonds. The molecule has 4 N–H and O–H groups in total. The van der Waals surface area contributed by atoms with Gasteiger partial charge in [-0.1, -0.05) is 69.3 Å². The van der Waals surface area contributed by atoms with E-state index < -0.39 is 24.3 Å². The third kappa shape index (κ3) is 8.58. The van der Waals surface area contributed by atoms with Crippen molar-refractivity contribution in [3.05, 3.63) is 96.8 Å². The van der Waals surface area contributed by atoms with E-state index in [1.807, 2.05) is 38.8 Å². The minimum Gasteiger partial charge on any atom is -0.453 e. The summed E-state index contributed by atoms with van der Waals surface area (Å²) in [5.41, 5.74) is 5.96. The Morgan fingerprint density at radius 1 is 0.746 bits per heavy atom. The number of carbonyl (C=O) groups excluding carboxylic acids is 4. The van der Waals surface area contributed by atoms with E-state index >= 15 is 0 Å². The van der Waals surface area contributed by atoms with Crippen LogP contribution < -0.4 is 10.6 Å². The topological polar surface area (TPSA) is 175 Å². The molecule has 4 aromatic carbocycles. The molecule has 1 aliphatic heterocycles. The number of piperidine rings is 1. The molecule has 63 heavy (non-hydrogen) atoms. The first kappa shape index (κ1) is 43.0. The van der Waals surface area contributed by atoms with Crippen LogP contribution in [0.3, 0.4) is 0 Å². The first-order valence-corrected chi connectivity index (χ1v) is 21.9. The zero-order valence-electron chi connectivity index (χ0n) is 36.9. The van der Waals surface area contributed by atoms with Gasteiger partial charge in [0.2, 0.25) is 11.8 Å². The maximum atomic E-state index is 14.0. The summed E-state index contributed by atoms with van der Waals surface area (Å²) in [5.74, 6) is 1.34. The number of benzene rings is 4. The highest BCUT2D eigenvalue weighted by atomic mass is 16.5. The molecular formula is C49H56N8O6. The molecule has 1 aliphatic carbocycles. The number of fused-ring (bicyclic) bond motifs is 4. The Morgan fingerprint density at radius 3 is 1.86 bits per heavy atom. The molecule has 14 heteroatoms. The largest absolute Gasteiger partial charge is 0.453 e. The molecule has 1 saturated heterocycles. The Labute approximate surface area is 367 Å². The number of aromatic amines is 2. The molecule has 6 atom stereocenters. The first-order chi connectivity index (χ1) is 30.4. The molecule has 0 spiro atoms. The van der Waals surface area contributed by atoms with Gasteiger partial charge in [0.05, 0.1) is 50.1 Å². The minimum atomic E-state index is -0.745. The molecule has 2 fully saturated rings. The molecule has 14 nitrogen and oxygen atoms in total. The third-order valence-electron chi connectivity index (χ3n) is 12.8. The van der Waals surface area contributed by atoms with Crippen LogP contribution >= 0.6 is 0 Å². The third-order valence-corrected chi connectivity index (χ3v) is 12.8. The average Bonchev–Trinajstić information content (AvgIpc) is 4.14. The van der Waals surface area contributed by atoms with Crippen molar-refractivity contribution in [2.24, 2.45) is 11.8 Å². The maximum absolute atomic E-state index is 14.0. The lowest BCUT2D eigenvalue weighted by Crippen LogP contribution is -2.54. The molecule has 0 unspecified atom stereocenters.